The first-order valence-electron chi connectivity index (χ1n) is 12.5. The Morgan fingerprint density at radius 3 is 1.50 bits per heavy atom. The number of hydrogen-bond donors (Lipinski definition) is 0. The second-order valence-corrected chi connectivity index (χ2v) is 8.68. The molecule has 1 aliphatic rings. The van der Waals surface area contributed by atoms with Gasteiger partial charge >= 0.3 is 5.97 Å². The van der Waals surface area contributed by atoms with E-state index in [-0.39, 0.29) is 23.6 Å². The van der Waals surface area contributed by atoms with Crippen molar-refractivity contribution < 1.29 is 23.9 Å². The number of carbonyl (C=O) groups is 3. The average molecular weight is 425 g/mol. The Morgan fingerprint density at radius 1 is 0.667 bits per heavy atom. The van der Waals surface area contributed by atoms with Crippen LogP contribution in [0.1, 0.15) is 122 Å². The van der Waals surface area contributed by atoms with Crippen molar-refractivity contribution in [1.82, 2.24) is 0 Å². The molecule has 1 aliphatic heterocycles. The predicted molar refractivity (Wildman–Crippen MR) is 119 cm³/mol. The van der Waals surface area contributed by atoms with Gasteiger partial charge in [0.15, 0.2) is 11.6 Å². The summed E-state index contributed by atoms with van der Waals surface area (Å²) >= 11 is 0. The molecule has 0 N–H and O–H groups in total. The molecule has 0 saturated carbocycles. The highest BCUT2D eigenvalue weighted by molar-refractivity contribution is 6.37. The molecule has 0 radical (unpaired) electrons. The lowest BCUT2D eigenvalue weighted by Crippen LogP contribution is -2.13. The maximum absolute atomic E-state index is 11.9. The minimum atomic E-state index is -0.166. The topological polar surface area (TPSA) is 73.0 Å². The zero-order valence-corrected chi connectivity index (χ0v) is 19.3. The zero-order valence-electron chi connectivity index (χ0n) is 19.3. The van der Waals surface area contributed by atoms with Gasteiger partial charge in [-0.3, -0.25) is 14.4 Å². The molecule has 0 aromatic rings. The zero-order chi connectivity index (χ0) is 21.9. The van der Waals surface area contributed by atoms with Crippen molar-refractivity contribution in [1.29, 1.82) is 0 Å². The molecule has 1 atom stereocenters. The van der Waals surface area contributed by atoms with Crippen molar-refractivity contribution >= 4 is 17.5 Å². The Kier molecular flexibility index (Phi) is 16.6. The largest absolute Gasteiger partial charge is 0.463 e. The summed E-state index contributed by atoms with van der Waals surface area (Å²) in [4.78, 5) is 35.3. The maximum Gasteiger partial charge on any atom is 0.305 e. The van der Waals surface area contributed by atoms with Gasteiger partial charge in [-0.2, -0.15) is 0 Å². The lowest BCUT2D eigenvalue weighted by Gasteiger charge is -2.04. The van der Waals surface area contributed by atoms with Gasteiger partial charge in [-0.25, -0.2) is 0 Å². The summed E-state index contributed by atoms with van der Waals surface area (Å²) in [5, 5.41) is 0. The lowest BCUT2D eigenvalue weighted by molar-refractivity contribution is -0.144. The quantitative estimate of drug-likeness (QED) is 0.0907. The fourth-order valence-corrected chi connectivity index (χ4v) is 3.56. The van der Waals surface area contributed by atoms with Gasteiger partial charge in [-0.15, -0.1) is 0 Å². The summed E-state index contributed by atoms with van der Waals surface area (Å²) in [7, 11) is 0. The summed E-state index contributed by atoms with van der Waals surface area (Å²) in [5.74, 6) is -0.440. The van der Waals surface area contributed by atoms with Crippen LogP contribution in [0.25, 0.3) is 0 Å². The van der Waals surface area contributed by atoms with Crippen LogP contribution in [-0.2, 0) is 23.9 Å². The van der Waals surface area contributed by atoms with E-state index in [1.54, 1.807) is 0 Å². The molecular weight excluding hydrogens is 380 g/mol. The van der Waals surface area contributed by atoms with Crippen LogP contribution < -0.4 is 0 Å². The second kappa shape index (κ2) is 18.5. The first-order valence-corrected chi connectivity index (χ1v) is 12.5. The van der Waals surface area contributed by atoms with Crippen LogP contribution in [0, 0.1) is 0 Å². The number of hydrogen-bond acceptors (Lipinski definition) is 5. The standard InChI is InChI=1S/C25H44O5/c1-2-3-4-5-8-11-14-17-23(26)24(27)18-15-12-9-6-7-10-13-16-19-25(28)30-21-22-20-29-22/h22H,2-21H2,1H3. The van der Waals surface area contributed by atoms with Crippen molar-refractivity contribution in [3.63, 3.8) is 0 Å². The molecule has 1 heterocycles. The van der Waals surface area contributed by atoms with Crippen LogP contribution in [0.15, 0.2) is 0 Å². The number of carbonyl (C=O) groups excluding carboxylic acids is 3. The molecule has 0 aliphatic carbocycles. The van der Waals surface area contributed by atoms with Gasteiger partial charge in [0.25, 0.3) is 0 Å². The Morgan fingerprint density at radius 2 is 1.07 bits per heavy atom. The SMILES string of the molecule is CCCCCCCCCC(=O)C(=O)CCCCCCCCCCC(=O)OCC1CO1. The molecule has 5 nitrogen and oxygen atoms in total. The molecule has 1 fully saturated rings. The van der Waals surface area contributed by atoms with E-state index in [0.717, 1.165) is 70.8 Å². The molecular formula is C25H44O5. The fraction of sp³-hybridized carbons (Fsp3) is 0.880. The molecule has 0 amide bonds. The number of ether oxygens (including phenoxy) is 2. The molecule has 0 aromatic carbocycles. The van der Waals surface area contributed by atoms with E-state index >= 15 is 0 Å². The van der Waals surface area contributed by atoms with Crippen molar-refractivity contribution in [2.75, 3.05) is 13.2 Å². The predicted octanol–water partition coefficient (Wildman–Crippen LogP) is 6.11. The van der Waals surface area contributed by atoms with E-state index in [0.29, 0.717) is 25.9 Å². The normalized spacial score (nSPS) is 15.2. The molecule has 30 heavy (non-hydrogen) atoms. The van der Waals surface area contributed by atoms with E-state index in [9.17, 15) is 14.4 Å². The van der Waals surface area contributed by atoms with Gasteiger partial charge < -0.3 is 9.47 Å². The van der Waals surface area contributed by atoms with Crippen LogP contribution in [0.5, 0.6) is 0 Å². The molecule has 0 aromatic heterocycles. The first-order chi connectivity index (χ1) is 14.6. The van der Waals surface area contributed by atoms with Gasteiger partial charge in [0.2, 0.25) is 0 Å². The Hall–Kier alpha value is -1.23. The van der Waals surface area contributed by atoms with Crippen molar-refractivity contribution in [2.24, 2.45) is 0 Å². The summed E-state index contributed by atoms with van der Waals surface area (Å²) in [5.41, 5.74) is 0. The average Bonchev–Trinajstić information content (AvgIpc) is 3.57. The first kappa shape index (κ1) is 26.8. The van der Waals surface area contributed by atoms with Gasteiger partial charge in [0.05, 0.1) is 6.61 Å². The minimum absolute atomic E-state index is 0.114. The number of Topliss-reactive ketones (excluding diaryl/α,β-unsaturated/α-hetero) is 2. The van der Waals surface area contributed by atoms with E-state index in [1.807, 2.05) is 0 Å². The van der Waals surface area contributed by atoms with E-state index in [1.165, 1.54) is 32.1 Å². The molecule has 1 saturated heterocycles. The van der Waals surface area contributed by atoms with Crippen LogP contribution in [0.4, 0.5) is 0 Å². The number of epoxide rings is 1. The van der Waals surface area contributed by atoms with Crippen LogP contribution in [0.2, 0.25) is 0 Å². The molecule has 0 bridgehead atoms. The minimum Gasteiger partial charge on any atom is -0.463 e. The number of unbranched alkanes of at least 4 members (excludes halogenated alkanes) is 13. The Bertz CT molecular complexity index is 470. The highest BCUT2D eigenvalue weighted by Crippen LogP contribution is 2.13. The third kappa shape index (κ3) is 16.6. The Labute approximate surface area is 183 Å². The number of esters is 1. The molecule has 1 unspecified atom stereocenters. The van der Waals surface area contributed by atoms with Crippen LogP contribution >= 0.6 is 0 Å². The van der Waals surface area contributed by atoms with Crippen molar-refractivity contribution in [3.8, 4) is 0 Å². The maximum atomic E-state index is 11.9. The van der Waals surface area contributed by atoms with Gasteiger partial charge in [0.1, 0.15) is 12.7 Å². The molecule has 1 rings (SSSR count). The molecule has 174 valence electrons. The second-order valence-electron chi connectivity index (χ2n) is 8.68. The summed E-state index contributed by atoms with van der Waals surface area (Å²) in [6.45, 7) is 3.34. The molecule has 0 spiro atoms. The summed E-state index contributed by atoms with van der Waals surface area (Å²) in [6.07, 6.45) is 18.1. The smallest absolute Gasteiger partial charge is 0.305 e. The van der Waals surface area contributed by atoms with Gasteiger partial charge in [-0.05, 0) is 19.3 Å². The highest BCUT2D eigenvalue weighted by atomic mass is 16.6. The number of rotatable bonds is 22. The lowest BCUT2D eigenvalue weighted by atomic mass is 10.0. The number of ketones is 2. The van der Waals surface area contributed by atoms with Gasteiger partial charge in [-0.1, -0.05) is 84.0 Å². The van der Waals surface area contributed by atoms with Crippen LogP contribution in [0.3, 0.4) is 0 Å². The highest BCUT2D eigenvalue weighted by Gasteiger charge is 2.23. The Balaban J connectivity index is 1.80. The van der Waals surface area contributed by atoms with E-state index < -0.39 is 0 Å². The van der Waals surface area contributed by atoms with E-state index in [2.05, 4.69) is 6.92 Å². The monoisotopic (exact) mass is 424 g/mol. The third-order valence-corrected chi connectivity index (χ3v) is 5.69. The van der Waals surface area contributed by atoms with Crippen LogP contribution in [-0.4, -0.2) is 36.9 Å². The van der Waals surface area contributed by atoms with Crippen molar-refractivity contribution in [3.05, 3.63) is 0 Å². The van der Waals surface area contributed by atoms with Crippen molar-refractivity contribution in [2.45, 2.75) is 129 Å². The van der Waals surface area contributed by atoms with Gasteiger partial charge in [0, 0.05) is 19.3 Å². The fourth-order valence-electron chi connectivity index (χ4n) is 3.56. The summed E-state index contributed by atoms with van der Waals surface area (Å²) in [6, 6.07) is 0. The summed E-state index contributed by atoms with van der Waals surface area (Å²) < 4.78 is 10.1. The molecule has 5 heteroatoms. The van der Waals surface area contributed by atoms with E-state index in [4.69, 9.17) is 9.47 Å². The third-order valence-electron chi connectivity index (χ3n) is 5.69.